The van der Waals surface area contributed by atoms with E-state index in [1.54, 1.807) is 6.92 Å². The highest BCUT2D eigenvalue weighted by molar-refractivity contribution is 5.96. The van der Waals surface area contributed by atoms with Crippen LogP contribution in [0.25, 0.3) is 0 Å². The van der Waals surface area contributed by atoms with Gasteiger partial charge in [0, 0.05) is 36.7 Å². The number of Topliss-reactive ketones (excluding diaryl/α,β-unsaturated/α-hetero) is 1. The zero-order valence-corrected chi connectivity index (χ0v) is 42.8. The Morgan fingerprint density at radius 2 is 1.24 bits per heavy atom. The van der Waals surface area contributed by atoms with Gasteiger partial charge in [0.15, 0.2) is 5.78 Å². The number of rotatable bonds is 25. The van der Waals surface area contributed by atoms with E-state index in [1.165, 1.54) is 25.7 Å². The molecule has 0 aromatic rings. The van der Waals surface area contributed by atoms with E-state index in [9.17, 15) is 19.8 Å². The maximum absolute atomic E-state index is 13.5. The number of ether oxygens (including phenoxy) is 2. The molecule has 1 heterocycles. The molecule has 0 aromatic carbocycles. The van der Waals surface area contributed by atoms with Gasteiger partial charge in [0.05, 0.1) is 17.3 Å². The van der Waals surface area contributed by atoms with E-state index >= 15 is 0 Å². The summed E-state index contributed by atoms with van der Waals surface area (Å²) in [6.07, 6.45) is 51.2. The Morgan fingerprint density at radius 1 is 0.697 bits per heavy atom. The average molecular weight is 903 g/mol. The molecule has 0 spiro atoms. The molecule has 0 amide bonds. The molecule has 3 fully saturated rings. The SMILES string of the molecule is CCCCC/C=C\C/C=C\C/C=C\C/C=C\CCCC(=O)O[C@H]1CC(C)(C)[C@]2(CC(=O)/C(C)=C/C=C/C(C)=C/C=C/C=C(C)/C=C/C=C(\C)C=C=C3C(C)(C)C[C@H](O)C[C@@]3(C)O)O[C@]2(C)C1. The van der Waals surface area contributed by atoms with Crippen molar-refractivity contribution in [2.75, 3.05) is 0 Å². The van der Waals surface area contributed by atoms with E-state index in [2.05, 4.69) is 82.0 Å². The predicted molar refractivity (Wildman–Crippen MR) is 277 cm³/mol. The lowest BCUT2D eigenvalue weighted by molar-refractivity contribution is -0.153. The number of aliphatic hydroxyl groups excluding tert-OH is 1. The molecule has 66 heavy (non-hydrogen) atoms. The Hall–Kier alpha value is -4.32. The minimum absolute atomic E-state index is 0.0686. The van der Waals surface area contributed by atoms with Gasteiger partial charge in [-0.1, -0.05) is 168 Å². The molecule has 1 aliphatic heterocycles. The first-order valence-corrected chi connectivity index (χ1v) is 24.8. The van der Waals surface area contributed by atoms with Crippen molar-refractivity contribution in [3.8, 4) is 0 Å². The minimum atomic E-state index is -1.08. The highest BCUT2D eigenvalue weighted by Crippen LogP contribution is 2.67. The van der Waals surface area contributed by atoms with Gasteiger partial charge in [0.25, 0.3) is 0 Å². The second-order valence-electron chi connectivity index (χ2n) is 20.7. The Kier molecular flexibility index (Phi) is 22.8. The molecule has 2 N–H and O–H groups in total. The van der Waals surface area contributed by atoms with E-state index in [4.69, 9.17) is 9.47 Å². The van der Waals surface area contributed by atoms with Crippen molar-refractivity contribution >= 4 is 11.8 Å². The van der Waals surface area contributed by atoms with Crippen molar-refractivity contribution in [3.63, 3.8) is 0 Å². The van der Waals surface area contributed by atoms with Crippen molar-refractivity contribution in [2.45, 2.75) is 201 Å². The Labute approximate surface area is 400 Å². The average Bonchev–Trinajstić information content (AvgIpc) is 3.84. The number of allylic oxidation sites excluding steroid dienone is 22. The molecule has 3 aliphatic rings. The second kappa shape index (κ2) is 26.9. The van der Waals surface area contributed by atoms with Gasteiger partial charge in [0.1, 0.15) is 11.7 Å². The lowest BCUT2D eigenvalue weighted by Crippen LogP contribution is -2.49. The maximum atomic E-state index is 13.5. The summed E-state index contributed by atoms with van der Waals surface area (Å²) < 4.78 is 12.5. The second-order valence-corrected chi connectivity index (χ2v) is 20.7. The quantitative estimate of drug-likeness (QED) is 0.0180. The number of hydrogen-bond acceptors (Lipinski definition) is 6. The highest BCUT2D eigenvalue weighted by Gasteiger charge is 2.76. The lowest BCUT2D eigenvalue weighted by Gasteiger charge is -2.43. The van der Waals surface area contributed by atoms with Crippen LogP contribution in [0.3, 0.4) is 0 Å². The molecule has 3 rings (SSSR count). The van der Waals surface area contributed by atoms with Crippen LogP contribution in [0.2, 0.25) is 0 Å². The van der Waals surface area contributed by atoms with E-state index in [-0.39, 0.29) is 28.7 Å². The third kappa shape index (κ3) is 18.4. The molecular weight excluding hydrogens is 817 g/mol. The van der Waals surface area contributed by atoms with Crippen LogP contribution in [0.15, 0.2) is 149 Å². The molecule has 1 saturated heterocycles. The molecule has 5 atom stereocenters. The first-order valence-electron chi connectivity index (χ1n) is 24.8. The number of epoxide rings is 1. The van der Waals surface area contributed by atoms with Crippen LogP contribution in [0.5, 0.6) is 0 Å². The first-order chi connectivity index (χ1) is 31.2. The molecule has 2 saturated carbocycles. The molecule has 0 bridgehead atoms. The van der Waals surface area contributed by atoms with Crippen molar-refractivity contribution in [1.29, 1.82) is 0 Å². The van der Waals surface area contributed by atoms with Crippen LogP contribution < -0.4 is 0 Å². The van der Waals surface area contributed by atoms with E-state index in [0.717, 1.165) is 54.4 Å². The number of esters is 1. The third-order valence-electron chi connectivity index (χ3n) is 13.3. The molecule has 362 valence electrons. The normalized spacial score (nSPS) is 27.3. The van der Waals surface area contributed by atoms with Crippen LogP contribution in [0, 0.1) is 10.8 Å². The molecule has 0 aromatic heterocycles. The summed E-state index contributed by atoms with van der Waals surface area (Å²) in [6.45, 7) is 22.4. The summed E-state index contributed by atoms with van der Waals surface area (Å²) in [5.74, 6) is -0.0925. The largest absolute Gasteiger partial charge is 0.462 e. The number of aliphatic hydroxyl groups is 2. The van der Waals surface area contributed by atoms with Crippen LogP contribution >= 0.6 is 0 Å². The van der Waals surface area contributed by atoms with Crippen LogP contribution in [-0.4, -0.2) is 51.0 Å². The standard InChI is InChI=1S/C60H86O6/c1-12-13-14-15-16-17-18-19-20-21-22-23-24-25-26-27-28-39-55(63)65-52-44-57(8,9)60(59(11,45-52)66-60)46-53(62)50(5)38-32-37-48(3)34-30-29-33-47(2)35-31-36-49(4)40-41-54-56(6,7)42-51(61)43-58(54,10)64/h16-17,19-20,22-23,25-26,29-38,40,51-52,61,64H,12-15,18,21,24,27-28,39,42-46H2,1-11H3/b17-16-,20-19-,23-22-,26-25-,30-29+,35-31+,37-32+,47-33+,48-34+,49-36+,50-38+/t41?,51-,52-,58+,59+,60-/m0/s1. The number of carbonyl (C=O) groups is 2. The van der Waals surface area contributed by atoms with Gasteiger partial charge in [-0.05, 0) is 122 Å². The minimum Gasteiger partial charge on any atom is -0.462 e. The molecular formula is C60H86O6. The van der Waals surface area contributed by atoms with Crippen LogP contribution in [0.4, 0.5) is 0 Å². The van der Waals surface area contributed by atoms with Gasteiger partial charge >= 0.3 is 5.97 Å². The Bertz CT molecular complexity index is 2010. The van der Waals surface area contributed by atoms with Gasteiger partial charge in [-0.2, -0.15) is 0 Å². The van der Waals surface area contributed by atoms with Crippen LogP contribution in [-0.2, 0) is 19.1 Å². The first kappa shape index (κ1) is 56.0. The fourth-order valence-electron chi connectivity index (χ4n) is 9.69. The molecule has 6 heteroatoms. The number of carbonyl (C=O) groups excluding carboxylic acids is 2. The van der Waals surface area contributed by atoms with Gasteiger partial charge in [-0.25, -0.2) is 0 Å². The fraction of sp³-hybridized carbons (Fsp3) is 0.550. The number of unbranched alkanes of at least 4 members (excludes halogenated alkanes) is 4. The zero-order valence-electron chi connectivity index (χ0n) is 42.8. The highest BCUT2D eigenvalue weighted by atomic mass is 16.6. The Morgan fingerprint density at radius 3 is 1.80 bits per heavy atom. The smallest absolute Gasteiger partial charge is 0.306 e. The van der Waals surface area contributed by atoms with Gasteiger partial charge < -0.3 is 19.7 Å². The maximum Gasteiger partial charge on any atom is 0.306 e. The fourth-order valence-corrected chi connectivity index (χ4v) is 9.69. The van der Waals surface area contributed by atoms with E-state index < -0.39 is 22.9 Å². The van der Waals surface area contributed by atoms with Crippen molar-refractivity contribution in [3.05, 3.63) is 149 Å². The topological polar surface area (TPSA) is 96.4 Å². The van der Waals surface area contributed by atoms with Crippen molar-refractivity contribution in [2.24, 2.45) is 10.8 Å². The molecule has 6 nitrogen and oxygen atoms in total. The summed E-state index contributed by atoms with van der Waals surface area (Å²) in [4.78, 5) is 26.4. The summed E-state index contributed by atoms with van der Waals surface area (Å²) in [5, 5.41) is 21.1. The molecule has 0 radical (unpaired) electrons. The number of hydrogen-bond donors (Lipinski definition) is 2. The summed E-state index contributed by atoms with van der Waals surface area (Å²) >= 11 is 0. The van der Waals surface area contributed by atoms with Crippen molar-refractivity contribution in [1.82, 2.24) is 0 Å². The molecule has 0 unspecified atom stereocenters. The summed E-state index contributed by atoms with van der Waals surface area (Å²) in [5.41, 5.74) is 5.18. The molecule has 2 aliphatic carbocycles. The zero-order chi connectivity index (χ0) is 48.9. The summed E-state index contributed by atoms with van der Waals surface area (Å²) in [6, 6.07) is 0. The van der Waals surface area contributed by atoms with Gasteiger partial charge in [0.2, 0.25) is 0 Å². The van der Waals surface area contributed by atoms with Crippen molar-refractivity contribution < 1.29 is 29.3 Å². The van der Waals surface area contributed by atoms with E-state index in [0.29, 0.717) is 44.1 Å². The Balaban J connectivity index is 1.39. The monoisotopic (exact) mass is 903 g/mol. The van der Waals surface area contributed by atoms with Crippen LogP contribution in [0.1, 0.15) is 172 Å². The summed E-state index contributed by atoms with van der Waals surface area (Å²) in [7, 11) is 0. The lowest BCUT2D eigenvalue weighted by atomic mass is 9.61. The predicted octanol–water partition coefficient (Wildman–Crippen LogP) is 14.8. The number of ketones is 1. The van der Waals surface area contributed by atoms with Gasteiger partial charge in [-0.3, -0.25) is 9.59 Å². The number of fused-ring (bicyclic) bond motifs is 1. The third-order valence-corrected chi connectivity index (χ3v) is 13.3. The van der Waals surface area contributed by atoms with E-state index in [1.807, 2.05) is 108 Å². The van der Waals surface area contributed by atoms with Gasteiger partial charge in [-0.15, -0.1) is 5.73 Å².